The third-order valence-electron chi connectivity index (χ3n) is 2.89. The molecule has 2 aromatic rings. The van der Waals surface area contributed by atoms with Gasteiger partial charge in [-0.15, -0.1) is 0 Å². The predicted octanol–water partition coefficient (Wildman–Crippen LogP) is -0.0130. The van der Waals surface area contributed by atoms with Gasteiger partial charge in [0.15, 0.2) is 3.57 Å². The van der Waals surface area contributed by atoms with Gasteiger partial charge in [0.1, 0.15) is 4.90 Å². The molecule has 0 atom stereocenters. The summed E-state index contributed by atoms with van der Waals surface area (Å²) in [5, 5.41) is 0. The van der Waals surface area contributed by atoms with E-state index in [2.05, 4.69) is 12.1 Å². The molecule has 2 aromatic carbocycles. The van der Waals surface area contributed by atoms with Crippen LogP contribution in [0.15, 0.2) is 41.3 Å². The zero-order chi connectivity index (χ0) is 14.9. The number of hydrogen-bond donors (Lipinski definition) is 1. The van der Waals surface area contributed by atoms with Crippen molar-refractivity contribution in [2.24, 2.45) is 0 Å². The minimum absolute atomic E-state index is 0.0344. The molecule has 0 spiro atoms. The number of hydrogen-bond acceptors (Lipinski definition) is 2. The Morgan fingerprint density at radius 2 is 1.55 bits per heavy atom. The van der Waals surface area contributed by atoms with E-state index in [4.69, 9.17) is 0 Å². The molecule has 0 amide bonds. The van der Waals surface area contributed by atoms with Gasteiger partial charge in [0.05, 0.1) is 0 Å². The van der Waals surface area contributed by atoms with Crippen molar-refractivity contribution in [3.8, 4) is 0 Å². The van der Waals surface area contributed by atoms with Crippen molar-refractivity contribution in [2.45, 2.75) is 25.7 Å². The first-order valence-corrected chi connectivity index (χ1v) is 9.68. The maximum Gasteiger partial charge on any atom is 0.360 e. The maximum absolute atomic E-state index is 11.4. The third kappa shape index (κ3) is 3.39. The van der Waals surface area contributed by atoms with Crippen LogP contribution in [0.4, 0.5) is 0 Å². The van der Waals surface area contributed by atoms with E-state index in [0.29, 0.717) is 0 Å². The van der Waals surface area contributed by atoms with Crippen LogP contribution in [0.1, 0.15) is 16.7 Å². The van der Waals surface area contributed by atoms with Gasteiger partial charge in [0.25, 0.3) is 10.1 Å². The highest BCUT2D eigenvalue weighted by Crippen LogP contribution is 2.09. The fourth-order valence-corrected chi connectivity index (χ4v) is 6.38. The molecule has 0 unspecified atom stereocenters. The summed E-state index contributed by atoms with van der Waals surface area (Å²) in [6.45, 7) is 6.14. The Labute approximate surface area is 130 Å². The van der Waals surface area contributed by atoms with Crippen molar-refractivity contribution >= 4 is 10.1 Å². The second kappa shape index (κ2) is 5.83. The zero-order valence-electron chi connectivity index (χ0n) is 11.5. The molecule has 0 aliphatic carbocycles. The Morgan fingerprint density at radius 1 is 1.00 bits per heavy atom. The molecule has 5 heteroatoms. The van der Waals surface area contributed by atoms with Crippen LogP contribution >= 0.6 is 0 Å². The molecule has 0 saturated heterocycles. The Kier molecular flexibility index (Phi) is 4.51. The minimum Gasteiger partial charge on any atom is -0.282 e. The van der Waals surface area contributed by atoms with Gasteiger partial charge in [0, 0.05) is 11.1 Å². The fraction of sp³-hybridized carbons (Fsp3) is 0.200. The third-order valence-corrected chi connectivity index (χ3v) is 7.93. The van der Waals surface area contributed by atoms with Crippen LogP contribution in [0.5, 0.6) is 0 Å². The molecule has 0 fully saturated rings. The summed E-state index contributed by atoms with van der Waals surface area (Å²) in [6.07, 6.45) is 0. The molecule has 0 saturated carbocycles. The van der Waals surface area contributed by atoms with Crippen LogP contribution < -0.4 is 21.2 Å². The molecule has 2 rings (SSSR count). The Hall–Kier alpha value is -0.920. The molecule has 1 N–H and O–H groups in total. The predicted molar refractivity (Wildman–Crippen MR) is 74.3 cm³/mol. The second-order valence-corrected chi connectivity index (χ2v) is 8.88. The number of halogens is 1. The van der Waals surface area contributed by atoms with Crippen molar-refractivity contribution < 1.29 is 34.2 Å². The van der Waals surface area contributed by atoms with Crippen LogP contribution in [-0.4, -0.2) is 13.0 Å². The lowest BCUT2D eigenvalue weighted by atomic mass is 10.1. The molecule has 3 nitrogen and oxygen atoms in total. The summed E-state index contributed by atoms with van der Waals surface area (Å²) in [5.74, 6) is 0. The van der Waals surface area contributed by atoms with Crippen molar-refractivity contribution in [1.29, 1.82) is 0 Å². The van der Waals surface area contributed by atoms with Gasteiger partial charge in [0.2, 0.25) is 3.57 Å². The van der Waals surface area contributed by atoms with Crippen molar-refractivity contribution in [3.63, 3.8) is 0 Å². The maximum atomic E-state index is 11.4. The van der Waals surface area contributed by atoms with E-state index in [-0.39, 0.29) is 4.90 Å². The van der Waals surface area contributed by atoms with E-state index < -0.39 is 31.3 Å². The largest absolute Gasteiger partial charge is 0.360 e. The van der Waals surface area contributed by atoms with E-state index in [1.807, 2.05) is 26.8 Å². The van der Waals surface area contributed by atoms with Crippen LogP contribution in [0, 0.1) is 27.9 Å². The monoisotopic (exact) mass is 403 g/mol. The topological polar surface area (TPSA) is 54.4 Å². The molecule has 0 aromatic heterocycles. The highest BCUT2D eigenvalue weighted by Gasteiger charge is 2.28. The molecule has 106 valence electrons. The summed E-state index contributed by atoms with van der Waals surface area (Å²) < 4.78 is 34.1. The van der Waals surface area contributed by atoms with Crippen LogP contribution in [0.3, 0.4) is 0 Å². The first-order chi connectivity index (χ1) is 9.29. The fourth-order valence-electron chi connectivity index (χ4n) is 2.15. The summed E-state index contributed by atoms with van der Waals surface area (Å²) in [4.78, 5) is 0.0344. The van der Waals surface area contributed by atoms with Gasteiger partial charge < -0.3 is 0 Å². The molecular weight excluding hydrogens is 387 g/mol. The Bertz CT molecular complexity index is 728. The molecule has 20 heavy (non-hydrogen) atoms. The first kappa shape index (κ1) is 15.5. The van der Waals surface area contributed by atoms with Gasteiger partial charge in [-0.05, 0) is 32.9 Å². The van der Waals surface area contributed by atoms with Gasteiger partial charge >= 0.3 is 21.2 Å². The average molecular weight is 403 g/mol. The molecule has 0 bridgehead atoms. The molecule has 0 aliphatic rings. The standard InChI is InChI=1S/C15H15IO3S/c1-10-8-11(2)15(12(3)9-10)16-13-6-4-5-7-14(13)20(17,18)19/h4-9H,1-3H3/p+1. The van der Waals surface area contributed by atoms with E-state index in [1.165, 1.54) is 26.3 Å². The van der Waals surface area contributed by atoms with Gasteiger partial charge in [-0.2, -0.15) is 8.42 Å². The molecule has 0 aliphatic heterocycles. The number of aryl methyl sites for hydroxylation is 3. The second-order valence-electron chi connectivity index (χ2n) is 4.71. The highest BCUT2D eigenvalue weighted by molar-refractivity contribution is 7.85. The summed E-state index contributed by atoms with van der Waals surface area (Å²) in [7, 11) is -4.16. The summed E-state index contributed by atoms with van der Waals surface area (Å²) in [6, 6.07) is 10.9. The van der Waals surface area contributed by atoms with E-state index in [0.717, 1.165) is 3.57 Å². The van der Waals surface area contributed by atoms with Crippen LogP contribution in [0.25, 0.3) is 0 Å². The first-order valence-electron chi connectivity index (χ1n) is 6.08. The summed E-state index contributed by atoms with van der Waals surface area (Å²) in [5.41, 5.74) is 3.57. The van der Waals surface area contributed by atoms with Gasteiger partial charge in [-0.25, -0.2) is 0 Å². The summed E-state index contributed by atoms with van der Waals surface area (Å²) >= 11 is -0.654. The van der Waals surface area contributed by atoms with E-state index >= 15 is 0 Å². The van der Waals surface area contributed by atoms with E-state index in [1.54, 1.807) is 12.1 Å². The normalized spacial score (nSPS) is 11.6. The quantitative estimate of drug-likeness (QED) is 0.580. The van der Waals surface area contributed by atoms with Gasteiger partial charge in [-0.1, -0.05) is 29.8 Å². The number of rotatable bonds is 3. The SMILES string of the molecule is Cc1cc(C)c([I+]c2ccccc2S(=O)(=O)O)c(C)c1. The smallest absolute Gasteiger partial charge is 0.282 e. The lowest BCUT2D eigenvalue weighted by Gasteiger charge is -2.02. The number of benzene rings is 2. The van der Waals surface area contributed by atoms with Crippen LogP contribution in [-0.2, 0) is 10.1 Å². The zero-order valence-corrected chi connectivity index (χ0v) is 14.5. The van der Waals surface area contributed by atoms with Crippen molar-refractivity contribution in [1.82, 2.24) is 0 Å². The molecular formula is C15H16IO3S+. The van der Waals surface area contributed by atoms with Crippen molar-refractivity contribution in [2.75, 3.05) is 0 Å². The van der Waals surface area contributed by atoms with Crippen LogP contribution in [0.2, 0.25) is 0 Å². The Morgan fingerprint density at radius 3 is 2.10 bits per heavy atom. The molecule has 0 heterocycles. The molecule has 0 radical (unpaired) electrons. The Balaban J connectivity index is 2.52. The lowest BCUT2D eigenvalue weighted by molar-refractivity contribution is -0.602. The van der Waals surface area contributed by atoms with Gasteiger partial charge in [-0.3, -0.25) is 4.55 Å². The lowest BCUT2D eigenvalue weighted by Crippen LogP contribution is -3.62. The average Bonchev–Trinajstić information content (AvgIpc) is 2.33. The van der Waals surface area contributed by atoms with Crippen molar-refractivity contribution in [3.05, 3.63) is 60.2 Å². The van der Waals surface area contributed by atoms with E-state index in [9.17, 15) is 13.0 Å². The minimum atomic E-state index is -4.16. The highest BCUT2D eigenvalue weighted by atomic mass is 127.